The van der Waals surface area contributed by atoms with E-state index in [1.807, 2.05) is 54.6 Å². The van der Waals surface area contributed by atoms with Gasteiger partial charge in [-0.1, -0.05) is 60.7 Å². The first-order valence-electron chi connectivity index (χ1n) is 8.01. The van der Waals surface area contributed by atoms with Crippen molar-refractivity contribution in [3.8, 4) is 16.9 Å². The third kappa shape index (κ3) is 4.67. The van der Waals surface area contributed by atoms with Crippen LogP contribution in [0, 0.1) is 5.82 Å². The average molecular weight is 335 g/mol. The second kappa shape index (κ2) is 8.11. The van der Waals surface area contributed by atoms with Gasteiger partial charge >= 0.3 is 0 Å². The fourth-order valence-electron chi connectivity index (χ4n) is 2.45. The Morgan fingerprint density at radius 3 is 2.32 bits per heavy atom. The predicted octanol–water partition coefficient (Wildman–Crippen LogP) is 4.19. The molecule has 3 nitrogen and oxygen atoms in total. The molecule has 0 heterocycles. The first-order chi connectivity index (χ1) is 12.2. The molecule has 0 fully saturated rings. The molecule has 4 heteroatoms. The Bertz CT molecular complexity index is 832. The number of hydrogen-bond donors (Lipinski definition) is 1. The number of amides is 1. The Morgan fingerprint density at radius 2 is 1.56 bits per heavy atom. The molecule has 1 amide bonds. The number of benzene rings is 3. The van der Waals surface area contributed by atoms with Gasteiger partial charge in [-0.25, -0.2) is 4.39 Å². The quantitative estimate of drug-likeness (QED) is 0.733. The van der Waals surface area contributed by atoms with E-state index in [0.717, 1.165) is 16.7 Å². The summed E-state index contributed by atoms with van der Waals surface area (Å²) in [5, 5.41) is 2.76. The van der Waals surface area contributed by atoms with Crippen molar-refractivity contribution in [2.45, 2.75) is 6.54 Å². The summed E-state index contributed by atoms with van der Waals surface area (Å²) in [5.74, 6) is 0.133. The molecule has 0 spiro atoms. The van der Waals surface area contributed by atoms with Crippen molar-refractivity contribution in [1.29, 1.82) is 0 Å². The van der Waals surface area contributed by atoms with E-state index in [1.165, 1.54) is 12.1 Å². The van der Waals surface area contributed by atoms with Gasteiger partial charge in [-0.3, -0.25) is 4.79 Å². The summed E-state index contributed by atoms with van der Waals surface area (Å²) in [6, 6.07) is 23.5. The Labute approximate surface area is 146 Å². The van der Waals surface area contributed by atoms with E-state index in [-0.39, 0.29) is 18.3 Å². The van der Waals surface area contributed by atoms with Crippen molar-refractivity contribution in [3.05, 3.63) is 90.2 Å². The molecule has 0 bridgehead atoms. The van der Waals surface area contributed by atoms with E-state index in [9.17, 15) is 9.18 Å². The van der Waals surface area contributed by atoms with Gasteiger partial charge < -0.3 is 10.1 Å². The molecule has 0 atom stereocenters. The molecule has 3 rings (SSSR count). The number of para-hydroxylation sites is 1. The van der Waals surface area contributed by atoms with E-state index < -0.39 is 0 Å². The highest BCUT2D eigenvalue weighted by atomic mass is 19.1. The van der Waals surface area contributed by atoms with Crippen molar-refractivity contribution >= 4 is 5.91 Å². The fraction of sp³-hybridized carbons (Fsp3) is 0.0952. The van der Waals surface area contributed by atoms with Crippen LogP contribution in [-0.4, -0.2) is 12.5 Å². The fourth-order valence-corrected chi connectivity index (χ4v) is 2.45. The lowest BCUT2D eigenvalue weighted by molar-refractivity contribution is -0.123. The lowest BCUT2D eigenvalue weighted by Crippen LogP contribution is -2.28. The highest BCUT2D eigenvalue weighted by Gasteiger charge is 2.08. The molecule has 3 aromatic carbocycles. The van der Waals surface area contributed by atoms with Crippen molar-refractivity contribution in [2.24, 2.45) is 0 Å². The molecule has 0 aliphatic heterocycles. The summed E-state index contributed by atoms with van der Waals surface area (Å²) in [7, 11) is 0. The van der Waals surface area contributed by atoms with Crippen LogP contribution >= 0.6 is 0 Å². The number of nitrogens with one attached hydrogen (secondary N) is 1. The predicted molar refractivity (Wildman–Crippen MR) is 95.6 cm³/mol. The molecule has 0 radical (unpaired) electrons. The smallest absolute Gasteiger partial charge is 0.258 e. The normalized spacial score (nSPS) is 10.3. The highest BCUT2D eigenvalue weighted by Crippen LogP contribution is 2.29. The standard InChI is InChI=1S/C21H18FNO2/c22-18-12-10-16(11-13-18)14-23-21(24)15-25-20-9-5-4-8-19(20)17-6-2-1-3-7-17/h1-13H,14-15H2,(H,23,24). The van der Waals surface area contributed by atoms with E-state index in [2.05, 4.69) is 5.32 Å². The van der Waals surface area contributed by atoms with E-state index >= 15 is 0 Å². The number of carbonyl (C=O) groups excluding carboxylic acids is 1. The minimum Gasteiger partial charge on any atom is -0.483 e. The van der Waals surface area contributed by atoms with Crippen LogP contribution in [0.25, 0.3) is 11.1 Å². The van der Waals surface area contributed by atoms with Crippen LogP contribution in [0.4, 0.5) is 4.39 Å². The van der Waals surface area contributed by atoms with E-state index in [0.29, 0.717) is 12.3 Å². The molecule has 25 heavy (non-hydrogen) atoms. The summed E-state index contributed by atoms with van der Waals surface area (Å²) in [6.07, 6.45) is 0. The monoisotopic (exact) mass is 335 g/mol. The van der Waals surface area contributed by atoms with Crippen LogP contribution in [0.15, 0.2) is 78.9 Å². The summed E-state index contributed by atoms with van der Waals surface area (Å²) >= 11 is 0. The third-order valence-corrected chi connectivity index (χ3v) is 3.73. The van der Waals surface area contributed by atoms with Crippen LogP contribution < -0.4 is 10.1 Å². The zero-order chi connectivity index (χ0) is 17.5. The molecule has 126 valence electrons. The van der Waals surface area contributed by atoms with Gasteiger partial charge in [0.05, 0.1) is 0 Å². The third-order valence-electron chi connectivity index (χ3n) is 3.73. The molecular weight excluding hydrogens is 317 g/mol. The molecule has 0 saturated heterocycles. The lowest BCUT2D eigenvalue weighted by Gasteiger charge is -2.12. The molecule has 0 saturated carbocycles. The molecule has 0 unspecified atom stereocenters. The van der Waals surface area contributed by atoms with Crippen LogP contribution in [0.1, 0.15) is 5.56 Å². The summed E-state index contributed by atoms with van der Waals surface area (Å²) < 4.78 is 18.6. The Kier molecular flexibility index (Phi) is 5.42. The zero-order valence-corrected chi connectivity index (χ0v) is 13.6. The van der Waals surface area contributed by atoms with Crippen molar-refractivity contribution in [3.63, 3.8) is 0 Å². The Hall–Kier alpha value is -3.14. The molecular formula is C21H18FNO2. The van der Waals surface area contributed by atoms with Gasteiger partial charge in [0.25, 0.3) is 5.91 Å². The molecule has 0 aliphatic rings. The van der Waals surface area contributed by atoms with Gasteiger partial charge in [-0.05, 0) is 29.3 Å². The number of halogens is 1. The first-order valence-corrected chi connectivity index (χ1v) is 8.01. The number of rotatable bonds is 6. The summed E-state index contributed by atoms with van der Waals surface area (Å²) in [6.45, 7) is 0.258. The number of hydrogen-bond acceptors (Lipinski definition) is 2. The average Bonchev–Trinajstić information content (AvgIpc) is 2.67. The molecule has 0 aliphatic carbocycles. The van der Waals surface area contributed by atoms with Gasteiger partial charge in [0, 0.05) is 12.1 Å². The maximum Gasteiger partial charge on any atom is 0.258 e. The highest BCUT2D eigenvalue weighted by molar-refractivity contribution is 5.78. The second-order valence-corrected chi connectivity index (χ2v) is 5.55. The second-order valence-electron chi connectivity index (χ2n) is 5.55. The Morgan fingerprint density at radius 1 is 0.880 bits per heavy atom. The summed E-state index contributed by atoms with van der Waals surface area (Å²) in [5.41, 5.74) is 2.80. The van der Waals surface area contributed by atoms with Gasteiger partial charge in [-0.15, -0.1) is 0 Å². The van der Waals surface area contributed by atoms with Crippen molar-refractivity contribution in [1.82, 2.24) is 5.32 Å². The lowest BCUT2D eigenvalue weighted by atomic mass is 10.1. The largest absolute Gasteiger partial charge is 0.483 e. The first kappa shape index (κ1) is 16.7. The number of ether oxygens (including phenoxy) is 1. The van der Waals surface area contributed by atoms with Crippen LogP contribution in [0.5, 0.6) is 5.75 Å². The number of carbonyl (C=O) groups is 1. The minimum absolute atomic E-state index is 0.0783. The van der Waals surface area contributed by atoms with E-state index in [4.69, 9.17) is 4.74 Å². The van der Waals surface area contributed by atoms with Crippen LogP contribution in [0.3, 0.4) is 0 Å². The van der Waals surface area contributed by atoms with Gasteiger partial charge in [-0.2, -0.15) is 0 Å². The SMILES string of the molecule is O=C(COc1ccccc1-c1ccccc1)NCc1ccc(F)cc1. The Balaban J connectivity index is 1.58. The zero-order valence-electron chi connectivity index (χ0n) is 13.6. The van der Waals surface area contributed by atoms with Gasteiger partial charge in [0.15, 0.2) is 6.61 Å². The van der Waals surface area contributed by atoms with Crippen molar-refractivity contribution < 1.29 is 13.9 Å². The summed E-state index contributed by atoms with van der Waals surface area (Å²) in [4.78, 5) is 12.0. The van der Waals surface area contributed by atoms with Gasteiger partial charge in [0.2, 0.25) is 0 Å². The molecule has 1 N–H and O–H groups in total. The molecule has 0 aromatic heterocycles. The maximum absolute atomic E-state index is 12.9. The minimum atomic E-state index is -0.295. The van der Waals surface area contributed by atoms with E-state index in [1.54, 1.807) is 12.1 Å². The molecule has 3 aromatic rings. The van der Waals surface area contributed by atoms with Gasteiger partial charge in [0.1, 0.15) is 11.6 Å². The maximum atomic E-state index is 12.9. The topological polar surface area (TPSA) is 38.3 Å². The van der Waals surface area contributed by atoms with Crippen molar-refractivity contribution in [2.75, 3.05) is 6.61 Å². The van der Waals surface area contributed by atoms with Crippen LogP contribution in [-0.2, 0) is 11.3 Å². The van der Waals surface area contributed by atoms with Crippen LogP contribution in [0.2, 0.25) is 0 Å².